The van der Waals surface area contributed by atoms with Gasteiger partial charge in [-0.1, -0.05) is 13.8 Å². The molecule has 0 radical (unpaired) electrons. The van der Waals surface area contributed by atoms with Crippen LogP contribution in [-0.4, -0.2) is 38.3 Å². The molecule has 0 fully saturated rings. The smallest absolute Gasteiger partial charge is 0.191 e. The van der Waals surface area contributed by atoms with Crippen molar-refractivity contribution in [2.24, 2.45) is 10.9 Å². The Morgan fingerprint density at radius 2 is 1.92 bits per heavy atom. The molecule has 1 rings (SSSR count). The van der Waals surface area contributed by atoms with Gasteiger partial charge in [0.05, 0.1) is 12.4 Å². The van der Waals surface area contributed by atoms with E-state index in [4.69, 9.17) is 9.15 Å². The molecule has 5 nitrogen and oxygen atoms in total. The Morgan fingerprint density at radius 3 is 2.54 bits per heavy atom. The van der Waals surface area contributed by atoms with Crippen LogP contribution in [0.4, 0.5) is 0 Å². The minimum atomic E-state index is 0. The monoisotopic (exact) mass is 451 g/mol. The minimum absolute atomic E-state index is 0. The van der Waals surface area contributed by atoms with E-state index < -0.39 is 0 Å². The topological polar surface area (TPSA) is 58.8 Å². The molecule has 0 bridgehead atoms. The Bertz CT molecular complexity index is 420. The van der Waals surface area contributed by atoms with Crippen LogP contribution in [0.15, 0.2) is 27.8 Å². The van der Waals surface area contributed by atoms with Gasteiger partial charge in [0.2, 0.25) is 0 Å². The molecule has 0 unspecified atom stereocenters. The summed E-state index contributed by atoms with van der Waals surface area (Å²) in [7, 11) is 0. The van der Waals surface area contributed by atoms with E-state index in [1.807, 2.05) is 12.1 Å². The Kier molecular flexibility index (Phi) is 14.1. The maximum Gasteiger partial charge on any atom is 0.191 e. The number of halogens is 1. The average molecular weight is 451 g/mol. The summed E-state index contributed by atoms with van der Waals surface area (Å²) < 4.78 is 10.9. The molecular weight excluding hydrogens is 417 g/mol. The van der Waals surface area contributed by atoms with Gasteiger partial charge in [0.1, 0.15) is 5.76 Å². The lowest BCUT2D eigenvalue weighted by Crippen LogP contribution is -2.39. The average Bonchev–Trinajstić information content (AvgIpc) is 3.00. The van der Waals surface area contributed by atoms with Gasteiger partial charge in [0.15, 0.2) is 5.96 Å². The quantitative estimate of drug-likeness (QED) is 0.232. The SMILES string of the molecule is CC(C)CN=C(NCCCCOC(C)C)NCCc1ccco1.I. The lowest BCUT2D eigenvalue weighted by molar-refractivity contribution is 0.0762. The van der Waals surface area contributed by atoms with E-state index >= 15 is 0 Å². The van der Waals surface area contributed by atoms with Crippen LogP contribution in [0.2, 0.25) is 0 Å². The van der Waals surface area contributed by atoms with Gasteiger partial charge in [-0.2, -0.15) is 0 Å². The first-order chi connectivity index (χ1) is 11.1. The van der Waals surface area contributed by atoms with Gasteiger partial charge in [-0.3, -0.25) is 4.99 Å². The van der Waals surface area contributed by atoms with Crippen LogP contribution in [0.25, 0.3) is 0 Å². The van der Waals surface area contributed by atoms with E-state index in [0.717, 1.165) is 57.2 Å². The van der Waals surface area contributed by atoms with Crippen molar-refractivity contribution >= 4 is 29.9 Å². The molecule has 140 valence electrons. The Hall–Kier alpha value is -0.760. The fourth-order valence-electron chi connectivity index (χ4n) is 1.96. The van der Waals surface area contributed by atoms with Crippen molar-refractivity contribution in [3.8, 4) is 0 Å². The molecular formula is C18H34IN3O2. The largest absolute Gasteiger partial charge is 0.469 e. The zero-order chi connectivity index (χ0) is 16.9. The number of aliphatic imine (C=N–C) groups is 1. The lowest BCUT2D eigenvalue weighted by atomic mass is 10.2. The van der Waals surface area contributed by atoms with Gasteiger partial charge >= 0.3 is 0 Å². The van der Waals surface area contributed by atoms with Crippen LogP contribution in [0, 0.1) is 5.92 Å². The van der Waals surface area contributed by atoms with Crippen LogP contribution in [0.3, 0.4) is 0 Å². The molecule has 0 aliphatic heterocycles. The third-order valence-electron chi connectivity index (χ3n) is 3.17. The zero-order valence-electron chi connectivity index (χ0n) is 15.5. The molecule has 1 heterocycles. The van der Waals surface area contributed by atoms with E-state index in [-0.39, 0.29) is 24.0 Å². The number of rotatable bonds is 11. The molecule has 0 saturated carbocycles. The number of hydrogen-bond donors (Lipinski definition) is 2. The summed E-state index contributed by atoms with van der Waals surface area (Å²) in [6.45, 7) is 11.9. The summed E-state index contributed by atoms with van der Waals surface area (Å²) in [6, 6.07) is 3.91. The van der Waals surface area contributed by atoms with Gasteiger partial charge in [0, 0.05) is 32.7 Å². The second-order valence-corrected chi connectivity index (χ2v) is 6.39. The fraction of sp³-hybridized carbons (Fsp3) is 0.722. The second kappa shape index (κ2) is 14.6. The predicted octanol–water partition coefficient (Wildman–Crippen LogP) is 3.84. The highest BCUT2D eigenvalue weighted by atomic mass is 127. The molecule has 0 atom stereocenters. The molecule has 0 aliphatic rings. The van der Waals surface area contributed by atoms with Crippen molar-refractivity contribution in [1.82, 2.24) is 10.6 Å². The molecule has 1 aromatic heterocycles. The second-order valence-electron chi connectivity index (χ2n) is 6.39. The predicted molar refractivity (Wildman–Crippen MR) is 111 cm³/mol. The molecule has 0 aliphatic carbocycles. The first-order valence-corrected chi connectivity index (χ1v) is 8.74. The molecule has 24 heavy (non-hydrogen) atoms. The van der Waals surface area contributed by atoms with Crippen molar-refractivity contribution in [2.75, 3.05) is 26.2 Å². The first-order valence-electron chi connectivity index (χ1n) is 8.74. The Balaban J connectivity index is 0.00000529. The lowest BCUT2D eigenvalue weighted by Gasteiger charge is -2.13. The van der Waals surface area contributed by atoms with Crippen molar-refractivity contribution in [3.63, 3.8) is 0 Å². The number of guanidine groups is 1. The fourth-order valence-corrected chi connectivity index (χ4v) is 1.96. The number of nitrogens with one attached hydrogen (secondary N) is 2. The molecule has 1 aromatic rings. The van der Waals surface area contributed by atoms with E-state index in [1.54, 1.807) is 6.26 Å². The summed E-state index contributed by atoms with van der Waals surface area (Å²) in [6.07, 6.45) is 5.02. The maximum absolute atomic E-state index is 5.55. The van der Waals surface area contributed by atoms with Crippen molar-refractivity contribution in [2.45, 2.75) is 53.1 Å². The van der Waals surface area contributed by atoms with E-state index in [0.29, 0.717) is 12.0 Å². The molecule has 0 aromatic carbocycles. The summed E-state index contributed by atoms with van der Waals surface area (Å²) in [4.78, 5) is 4.62. The van der Waals surface area contributed by atoms with Gasteiger partial charge in [0.25, 0.3) is 0 Å². The summed E-state index contributed by atoms with van der Waals surface area (Å²) in [5.41, 5.74) is 0. The standard InChI is InChI=1S/C18H33N3O2.HI/c1-15(2)14-21-18(19-10-5-6-12-22-16(3)4)20-11-9-17-8-7-13-23-17;/h7-8,13,15-16H,5-6,9-12,14H2,1-4H3,(H2,19,20,21);1H. The molecule has 2 N–H and O–H groups in total. The zero-order valence-corrected chi connectivity index (χ0v) is 17.8. The highest BCUT2D eigenvalue weighted by Gasteiger charge is 2.01. The number of furan rings is 1. The third-order valence-corrected chi connectivity index (χ3v) is 3.17. The molecule has 0 spiro atoms. The summed E-state index contributed by atoms with van der Waals surface area (Å²) in [5.74, 6) is 2.43. The van der Waals surface area contributed by atoms with Crippen LogP contribution in [-0.2, 0) is 11.2 Å². The first kappa shape index (κ1) is 23.2. The summed E-state index contributed by atoms with van der Waals surface area (Å²) in [5, 5.41) is 6.77. The van der Waals surface area contributed by atoms with Crippen molar-refractivity contribution in [3.05, 3.63) is 24.2 Å². The van der Waals surface area contributed by atoms with Gasteiger partial charge in [-0.15, -0.1) is 24.0 Å². The van der Waals surface area contributed by atoms with Gasteiger partial charge in [-0.05, 0) is 44.7 Å². The van der Waals surface area contributed by atoms with Crippen molar-refractivity contribution < 1.29 is 9.15 Å². The highest BCUT2D eigenvalue weighted by molar-refractivity contribution is 14.0. The van der Waals surface area contributed by atoms with E-state index in [1.165, 1.54) is 0 Å². The van der Waals surface area contributed by atoms with Gasteiger partial charge < -0.3 is 19.8 Å². The summed E-state index contributed by atoms with van der Waals surface area (Å²) >= 11 is 0. The van der Waals surface area contributed by atoms with Crippen LogP contribution < -0.4 is 10.6 Å². The van der Waals surface area contributed by atoms with E-state index in [2.05, 4.69) is 43.3 Å². The highest BCUT2D eigenvalue weighted by Crippen LogP contribution is 1.99. The van der Waals surface area contributed by atoms with Crippen LogP contribution in [0.1, 0.15) is 46.3 Å². The minimum Gasteiger partial charge on any atom is -0.469 e. The Labute approximate surface area is 164 Å². The van der Waals surface area contributed by atoms with Crippen LogP contribution in [0.5, 0.6) is 0 Å². The number of hydrogen-bond acceptors (Lipinski definition) is 3. The molecule has 0 amide bonds. The normalized spacial score (nSPS) is 11.7. The van der Waals surface area contributed by atoms with Gasteiger partial charge in [-0.25, -0.2) is 0 Å². The Morgan fingerprint density at radius 1 is 1.17 bits per heavy atom. The number of nitrogens with zero attached hydrogens (tertiary/aromatic N) is 1. The number of unbranched alkanes of at least 4 members (excludes halogenated alkanes) is 1. The number of ether oxygens (including phenoxy) is 1. The molecule has 6 heteroatoms. The van der Waals surface area contributed by atoms with Crippen LogP contribution >= 0.6 is 24.0 Å². The maximum atomic E-state index is 5.55. The third kappa shape index (κ3) is 12.6. The molecule has 0 saturated heterocycles. The van der Waals surface area contributed by atoms with E-state index in [9.17, 15) is 0 Å². The van der Waals surface area contributed by atoms with Crippen molar-refractivity contribution in [1.29, 1.82) is 0 Å².